The molecule has 1 aliphatic rings. The molecule has 0 aliphatic heterocycles. The third kappa shape index (κ3) is 5.81. The minimum absolute atomic E-state index is 0.290. The Bertz CT molecular complexity index is 1110. The Morgan fingerprint density at radius 2 is 1.73 bits per heavy atom. The second-order valence-corrected chi connectivity index (χ2v) is 9.55. The van der Waals surface area contributed by atoms with Gasteiger partial charge in [0.2, 0.25) is 0 Å². The van der Waals surface area contributed by atoms with Gasteiger partial charge < -0.3 is 20.9 Å². The standard InChI is InChI=1S/C25H29Cl2N5O/c1-32(2)22-14-23(30-21-9-4-3-6-18(21)22)29-17-12-10-16(11-13-17)15-28-25(33)31-24-19(26)7-5-8-20(24)27/h3-9,14,16-17H,10-13,15H2,1-2H3,(H,29,30)(H2,28,31,33)/t16-,17+. The average Bonchev–Trinajstić information content (AvgIpc) is 2.80. The van der Waals surface area contributed by atoms with Crippen LogP contribution in [-0.4, -0.2) is 37.7 Å². The number of hydrogen-bond donors (Lipinski definition) is 3. The van der Waals surface area contributed by atoms with E-state index in [1.54, 1.807) is 18.2 Å². The van der Waals surface area contributed by atoms with Crippen LogP contribution in [0, 0.1) is 5.92 Å². The fourth-order valence-electron chi connectivity index (χ4n) is 4.33. The molecule has 0 saturated heterocycles. The van der Waals surface area contributed by atoms with Gasteiger partial charge in [-0.05, 0) is 49.8 Å². The number of aromatic nitrogens is 1. The van der Waals surface area contributed by atoms with Crippen LogP contribution in [0.25, 0.3) is 10.9 Å². The minimum atomic E-state index is -0.290. The number of carbonyl (C=O) groups excluding carboxylic acids is 1. The van der Waals surface area contributed by atoms with Crippen LogP contribution in [0.2, 0.25) is 10.0 Å². The van der Waals surface area contributed by atoms with Gasteiger partial charge >= 0.3 is 6.03 Å². The zero-order chi connectivity index (χ0) is 23.4. The molecular formula is C25H29Cl2N5O. The summed E-state index contributed by atoms with van der Waals surface area (Å²) in [5, 5.41) is 11.3. The molecule has 2 aromatic carbocycles. The quantitative estimate of drug-likeness (QED) is 0.377. The second kappa shape index (κ2) is 10.5. The second-order valence-electron chi connectivity index (χ2n) is 8.73. The first-order valence-corrected chi connectivity index (χ1v) is 12.0. The van der Waals surface area contributed by atoms with E-state index >= 15 is 0 Å². The number of anilines is 3. The third-order valence-corrected chi connectivity index (χ3v) is 6.76. The molecule has 1 aliphatic carbocycles. The van der Waals surface area contributed by atoms with E-state index in [1.165, 1.54) is 0 Å². The van der Waals surface area contributed by atoms with Crippen molar-refractivity contribution in [2.75, 3.05) is 36.2 Å². The summed E-state index contributed by atoms with van der Waals surface area (Å²) in [6.45, 7) is 0.625. The van der Waals surface area contributed by atoms with E-state index in [4.69, 9.17) is 28.2 Å². The van der Waals surface area contributed by atoms with Crippen LogP contribution >= 0.6 is 23.2 Å². The molecule has 1 aromatic heterocycles. The van der Waals surface area contributed by atoms with Gasteiger partial charge in [0.05, 0.1) is 21.2 Å². The number of carbonyl (C=O) groups is 1. The highest BCUT2D eigenvalue weighted by atomic mass is 35.5. The van der Waals surface area contributed by atoms with Crippen molar-refractivity contribution < 1.29 is 4.79 Å². The number of pyridine rings is 1. The summed E-state index contributed by atoms with van der Waals surface area (Å²) in [6, 6.07) is 15.6. The van der Waals surface area contributed by atoms with Crippen LogP contribution in [0.1, 0.15) is 25.7 Å². The van der Waals surface area contributed by atoms with E-state index in [0.29, 0.717) is 34.2 Å². The summed E-state index contributed by atoms with van der Waals surface area (Å²) in [4.78, 5) is 19.2. The molecule has 1 heterocycles. The number of benzene rings is 2. The zero-order valence-electron chi connectivity index (χ0n) is 18.9. The van der Waals surface area contributed by atoms with Crippen LogP contribution in [0.5, 0.6) is 0 Å². The molecule has 0 spiro atoms. The number of amides is 2. The normalized spacial score (nSPS) is 18.1. The summed E-state index contributed by atoms with van der Waals surface area (Å²) in [6.07, 6.45) is 4.16. The van der Waals surface area contributed by atoms with Crippen LogP contribution in [0.4, 0.5) is 22.0 Å². The monoisotopic (exact) mass is 485 g/mol. The SMILES string of the molecule is CN(C)c1cc(N[C@H]2CC[C@@H](CNC(=O)Nc3c(Cl)cccc3Cl)CC2)nc2ccccc12. The Labute approximate surface area is 204 Å². The van der Waals surface area contributed by atoms with Crippen LogP contribution in [0.3, 0.4) is 0 Å². The molecule has 3 N–H and O–H groups in total. The lowest BCUT2D eigenvalue weighted by atomic mass is 9.86. The maximum absolute atomic E-state index is 12.3. The molecular weight excluding hydrogens is 457 g/mol. The summed E-state index contributed by atoms with van der Waals surface area (Å²) in [5.74, 6) is 1.35. The molecule has 8 heteroatoms. The zero-order valence-corrected chi connectivity index (χ0v) is 20.4. The number of nitrogens with one attached hydrogen (secondary N) is 3. The van der Waals surface area contributed by atoms with Gasteiger partial charge in [-0.3, -0.25) is 0 Å². The number of fused-ring (bicyclic) bond motifs is 1. The van der Waals surface area contributed by atoms with Gasteiger partial charge in [-0.25, -0.2) is 9.78 Å². The number of urea groups is 1. The first-order valence-electron chi connectivity index (χ1n) is 11.2. The molecule has 1 fully saturated rings. The van der Waals surface area contributed by atoms with E-state index in [-0.39, 0.29) is 6.03 Å². The van der Waals surface area contributed by atoms with Gasteiger partial charge in [0, 0.05) is 43.8 Å². The average molecular weight is 486 g/mol. The number of rotatable bonds is 6. The molecule has 4 rings (SSSR count). The van der Waals surface area contributed by atoms with Crippen molar-refractivity contribution in [2.24, 2.45) is 5.92 Å². The Morgan fingerprint density at radius 3 is 2.42 bits per heavy atom. The van der Waals surface area contributed by atoms with E-state index in [2.05, 4.69) is 53.1 Å². The number of nitrogens with zero attached hydrogens (tertiary/aromatic N) is 2. The summed E-state index contributed by atoms with van der Waals surface area (Å²) in [7, 11) is 4.11. The van der Waals surface area contributed by atoms with Gasteiger partial charge in [-0.15, -0.1) is 0 Å². The topological polar surface area (TPSA) is 69.3 Å². The van der Waals surface area contributed by atoms with Crippen molar-refractivity contribution in [3.05, 3.63) is 58.6 Å². The lowest BCUT2D eigenvalue weighted by Crippen LogP contribution is -2.36. The van der Waals surface area contributed by atoms with E-state index in [1.807, 2.05) is 12.1 Å². The van der Waals surface area contributed by atoms with Gasteiger partial charge in [0.1, 0.15) is 5.82 Å². The van der Waals surface area contributed by atoms with Gasteiger partial charge in [0.25, 0.3) is 0 Å². The highest BCUT2D eigenvalue weighted by Gasteiger charge is 2.22. The maximum Gasteiger partial charge on any atom is 0.319 e. The van der Waals surface area contributed by atoms with E-state index in [9.17, 15) is 4.79 Å². The Balaban J connectivity index is 1.28. The Morgan fingerprint density at radius 1 is 1.03 bits per heavy atom. The lowest BCUT2D eigenvalue weighted by molar-refractivity contribution is 0.246. The molecule has 6 nitrogen and oxygen atoms in total. The van der Waals surface area contributed by atoms with E-state index in [0.717, 1.165) is 48.1 Å². The first-order chi connectivity index (χ1) is 15.9. The Kier molecular flexibility index (Phi) is 7.46. The number of halogens is 2. The predicted molar refractivity (Wildman–Crippen MR) is 139 cm³/mol. The molecule has 174 valence electrons. The fraction of sp³-hybridized carbons (Fsp3) is 0.360. The Hall–Kier alpha value is -2.70. The van der Waals surface area contributed by atoms with Crippen LogP contribution < -0.4 is 20.9 Å². The summed E-state index contributed by atoms with van der Waals surface area (Å²) >= 11 is 12.2. The predicted octanol–water partition coefficient (Wildman–Crippen LogP) is 6.40. The summed E-state index contributed by atoms with van der Waals surface area (Å²) in [5.41, 5.74) is 2.59. The molecule has 3 aromatic rings. The smallest absolute Gasteiger partial charge is 0.319 e. The van der Waals surface area contributed by atoms with Crippen molar-refractivity contribution in [2.45, 2.75) is 31.7 Å². The lowest BCUT2D eigenvalue weighted by Gasteiger charge is -2.30. The molecule has 0 bridgehead atoms. The highest BCUT2D eigenvalue weighted by Crippen LogP contribution is 2.31. The highest BCUT2D eigenvalue weighted by molar-refractivity contribution is 6.39. The minimum Gasteiger partial charge on any atom is -0.377 e. The van der Waals surface area contributed by atoms with Gasteiger partial charge in [-0.2, -0.15) is 0 Å². The molecule has 0 radical (unpaired) electrons. The number of para-hydroxylation sites is 2. The van der Waals surface area contributed by atoms with Crippen molar-refractivity contribution in [3.63, 3.8) is 0 Å². The number of hydrogen-bond acceptors (Lipinski definition) is 4. The van der Waals surface area contributed by atoms with Crippen LogP contribution in [0.15, 0.2) is 48.5 Å². The van der Waals surface area contributed by atoms with Crippen molar-refractivity contribution >= 4 is 57.3 Å². The summed E-state index contributed by atoms with van der Waals surface area (Å²) < 4.78 is 0. The molecule has 0 atom stereocenters. The van der Waals surface area contributed by atoms with E-state index < -0.39 is 0 Å². The molecule has 2 amide bonds. The molecule has 1 saturated carbocycles. The van der Waals surface area contributed by atoms with Crippen LogP contribution in [-0.2, 0) is 0 Å². The fourth-order valence-corrected chi connectivity index (χ4v) is 4.82. The van der Waals surface area contributed by atoms with Crippen molar-refractivity contribution in [3.8, 4) is 0 Å². The van der Waals surface area contributed by atoms with Gasteiger partial charge in [-0.1, -0.05) is 47.5 Å². The molecule has 0 unspecified atom stereocenters. The largest absolute Gasteiger partial charge is 0.377 e. The van der Waals surface area contributed by atoms with Gasteiger partial charge in [0.15, 0.2) is 0 Å². The first kappa shape index (κ1) is 23.5. The van der Waals surface area contributed by atoms with Crippen molar-refractivity contribution in [1.82, 2.24) is 10.3 Å². The van der Waals surface area contributed by atoms with Crippen molar-refractivity contribution in [1.29, 1.82) is 0 Å². The third-order valence-electron chi connectivity index (χ3n) is 6.13. The molecule has 33 heavy (non-hydrogen) atoms. The maximum atomic E-state index is 12.3.